The topological polar surface area (TPSA) is 45.2 Å². The molecule has 1 unspecified atom stereocenters. The highest BCUT2D eigenvalue weighted by molar-refractivity contribution is 5.66. The standard InChI is InChI=1S/C16H17FN2O/c1-2-18-15-12-10(17)4-3-5-11(12)19-14-8-6-9(7-8)16(20)13(14)15/h3-5,8-10,18,20H,2,6-7H2,1H3. The normalized spacial score (nSPS) is 29.1. The Morgan fingerprint density at radius 1 is 1.40 bits per heavy atom. The van der Waals surface area contributed by atoms with Gasteiger partial charge in [-0.05, 0) is 31.9 Å². The van der Waals surface area contributed by atoms with Crippen molar-refractivity contribution in [3.05, 3.63) is 34.0 Å². The minimum atomic E-state index is -1.16. The third-order valence-corrected chi connectivity index (χ3v) is 4.62. The van der Waals surface area contributed by atoms with Gasteiger partial charge in [-0.2, -0.15) is 0 Å². The SMILES string of the molecule is CCNc1c2c(nc3c1=C(O)C1CC3C1)=CC=CC2F. The van der Waals surface area contributed by atoms with E-state index in [-0.39, 0.29) is 5.92 Å². The summed E-state index contributed by atoms with van der Waals surface area (Å²) in [5.41, 5.74) is 2.26. The smallest absolute Gasteiger partial charge is 0.148 e. The van der Waals surface area contributed by atoms with Crippen molar-refractivity contribution >= 4 is 17.5 Å². The predicted molar refractivity (Wildman–Crippen MR) is 76.6 cm³/mol. The Hall–Kier alpha value is -1.84. The number of pyridine rings is 1. The van der Waals surface area contributed by atoms with E-state index in [2.05, 4.69) is 10.3 Å². The molecule has 0 saturated heterocycles. The quantitative estimate of drug-likeness (QED) is 0.866. The van der Waals surface area contributed by atoms with Crippen molar-refractivity contribution in [2.24, 2.45) is 5.92 Å². The van der Waals surface area contributed by atoms with E-state index in [1.54, 1.807) is 6.08 Å². The van der Waals surface area contributed by atoms with Gasteiger partial charge in [0.05, 0.1) is 21.9 Å². The number of aromatic nitrogens is 1. The molecule has 4 aliphatic carbocycles. The van der Waals surface area contributed by atoms with Gasteiger partial charge in [0.1, 0.15) is 11.9 Å². The summed E-state index contributed by atoms with van der Waals surface area (Å²) in [6.45, 7) is 2.68. The average molecular weight is 272 g/mol. The molecule has 0 aliphatic heterocycles. The fourth-order valence-electron chi connectivity index (χ4n) is 3.57. The lowest BCUT2D eigenvalue weighted by Gasteiger charge is -2.40. The van der Waals surface area contributed by atoms with Gasteiger partial charge in [-0.15, -0.1) is 0 Å². The first-order valence-corrected chi connectivity index (χ1v) is 7.24. The summed E-state index contributed by atoms with van der Waals surface area (Å²) < 4.78 is 14.3. The number of alkyl halides is 1. The van der Waals surface area contributed by atoms with Gasteiger partial charge >= 0.3 is 0 Å². The summed E-state index contributed by atoms with van der Waals surface area (Å²) in [6, 6.07) is 0. The second kappa shape index (κ2) is 4.08. The molecule has 1 heterocycles. The number of fused-ring (bicyclic) bond motifs is 1. The van der Waals surface area contributed by atoms with E-state index in [0.717, 1.165) is 29.4 Å². The van der Waals surface area contributed by atoms with Gasteiger partial charge in [0.15, 0.2) is 0 Å². The van der Waals surface area contributed by atoms with E-state index in [1.807, 2.05) is 13.0 Å². The highest BCUT2D eigenvalue weighted by Gasteiger charge is 2.41. The first-order valence-electron chi connectivity index (χ1n) is 7.24. The monoisotopic (exact) mass is 272 g/mol. The van der Waals surface area contributed by atoms with Crippen molar-refractivity contribution in [3.63, 3.8) is 0 Å². The average Bonchev–Trinajstić information content (AvgIpc) is 2.36. The van der Waals surface area contributed by atoms with Crippen LogP contribution >= 0.6 is 0 Å². The van der Waals surface area contributed by atoms with Gasteiger partial charge in [-0.25, -0.2) is 4.39 Å². The minimum Gasteiger partial charge on any atom is -0.511 e. The number of anilines is 1. The van der Waals surface area contributed by atoms with Gasteiger partial charge in [-0.1, -0.05) is 6.08 Å². The third kappa shape index (κ3) is 1.42. The van der Waals surface area contributed by atoms with Crippen molar-refractivity contribution in [1.82, 2.24) is 4.98 Å². The highest BCUT2D eigenvalue weighted by atomic mass is 19.1. The molecule has 3 nitrogen and oxygen atoms in total. The van der Waals surface area contributed by atoms with Crippen LogP contribution in [-0.4, -0.2) is 16.6 Å². The van der Waals surface area contributed by atoms with Crippen LogP contribution in [0.15, 0.2) is 12.2 Å². The Balaban J connectivity index is 2.11. The lowest BCUT2D eigenvalue weighted by molar-refractivity contribution is 0.252. The molecule has 104 valence electrons. The fraction of sp³-hybridized carbons (Fsp3) is 0.438. The number of halogens is 1. The summed E-state index contributed by atoms with van der Waals surface area (Å²) in [4.78, 5) is 4.65. The van der Waals surface area contributed by atoms with Crippen LogP contribution in [0.25, 0.3) is 11.8 Å². The molecule has 4 aliphatic rings. The van der Waals surface area contributed by atoms with Crippen molar-refractivity contribution in [1.29, 1.82) is 0 Å². The van der Waals surface area contributed by atoms with E-state index in [9.17, 15) is 9.50 Å². The molecular formula is C16H17FN2O. The number of allylic oxidation sites excluding steroid dienone is 2. The molecule has 2 bridgehead atoms. The molecule has 0 spiro atoms. The molecule has 2 N–H and O–H groups in total. The predicted octanol–water partition coefficient (Wildman–Crippen LogP) is 2.05. The zero-order valence-electron chi connectivity index (χ0n) is 11.4. The van der Waals surface area contributed by atoms with Crippen molar-refractivity contribution in [2.45, 2.75) is 31.9 Å². The molecule has 1 aromatic rings. The van der Waals surface area contributed by atoms with E-state index in [0.29, 0.717) is 29.1 Å². The van der Waals surface area contributed by atoms with Crippen LogP contribution < -0.4 is 15.9 Å². The number of hydrogen-bond acceptors (Lipinski definition) is 3. The van der Waals surface area contributed by atoms with Crippen molar-refractivity contribution in [2.75, 3.05) is 11.9 Å². The minimum absolute atomic E-state index is 0.242. The summed E-state index contributed by atoms with van der Waals surface area (Å²) in [5.74, 6) is 1.06. The summed E-state index contributed by atoms with van der Waals surface area (Å²) in [5, 5.41) is 15.2. The largest absolute Gasteiger partial charge is 0.511 e. The first kappa shape index (κ1) is 11.9. The summed E-state index contributed by atoms with van der Waals surface area (Å²) >= 11 is 0. The van der Waals surface area contributed by atoms with Gasteiger partial charge in [-0.3, -0.25) is 4.98 Å². The number of nitrogens with one attached hydrogen (secondary N) is 1. The van der Waals surface area contributed by atoms with Crippen LogP contribution in [0.3, 0.4) is 0 Å². The number of aliphatic hydroxyl groups is 1. The van der Waals surface area contributed by atoms with Crippen LogP contribution in [0.4, 0.5) is 10.1 Å². The van der Waals surface area contributed by atoms with Crippen molar-refractivity contribution in [3.8, 4) is 0 Å². The molecule has 20 heavy (non-hydrogen) atoms. The Morgan fingerprint density at radius 2 is 2.20 bits per heavy atom. The van der Waals surface area contributed by atoms with E-state index in [4.69, 9.17) is 0 Å². The van der Waals surface area contributed by atoms with Gasteiger partial charge in [0.2, 0.25) is 0 Å². The molecule has 1 saturated carbocycles. The van der Waals surface area contributed by atoms with Gasteiger partial charge in [0.25, 0.3) is 0 Å². The van der Waals surface area contributed by atoms with Crippen molar-refractivity contribution < 1.29 is 9.50 Å². The zero-order chi connectivity index (χ0) is 13.9. The van der Waals surface area contributed by atoms with Crippen LogP contribution in [0.5, 0.6) is 0 Å². The molecule has 4 heteroatoms. The number of nitrogens with zero attached hydrogens (tertiary/aromatic N) is 1. The number of aliphatic hydroxyl groups excluding tert-OH is 1. The Kier molecular flexibility index (Phi) is 2.43. The molecule has 1 atom stereocenters. The molecule has 5 rings (SSSR count). The van der Waals surface area contributed by atoms with Gasteiger partial charge < -0.3 is 10.4 Å². The Morgan fingerprint density at radius 3 is 2.95 bits per heavy atom. The maximum atomic E-state index is 14.3. The fourth-order valence-corrected chi connectivity index (χ4v) is 3.57. The maximum absolute atomic E-state index is 14.3. The zero-order valence-corrected chi connectivity index (χ0v) is 11.4. The molecule has 0 amide bonds. The summed E-state index contributed by atoms with van der Waals surface area (Å²) in [6.07, 6.45) is 5.90. The number of rotatable bonds is 2. The molecule has 1 fully saturated rings. The maximum Gasteiger partial charge on any atom is 0.148 e. The van der Waals surface area contributed by atoms with E-state index >= 15 is 0 Å². The summed E-state index contributed by atoms with van der Waals surface area (Å²) in [7, 11) is 0. The third-order valence-electron chi connectivity index (χ3n) is 4.62. The molecule has 0 radical (unpaired) electrons. The van der Waals surface area contributed by atoms with Crippen LogP contribution in [0.2, 0.25) is 0 Å². The lowest BCUT2D eigenvalue weighted by Crippen LogP contribution is -2.42. The second-order valence-electron chi connectivity index (χ2n) is 5.78. The Bertz CT molecular complexity index is 732. The Labute approximate surface area is 116 Å². The lowest BCUT2D eigenvalue weighted by atomic mass is 9.67. The van der Waals surface area contributed by atoms with Crippen LogP contribution in [-0.2, 0) is 0 Å². The van der Waals surface area contributed by atoms with Crippen LogP contribution in [0.1, 0.15) is 43.1 Å². The number of hydrogen-bond donors (Lipinski definition) is 2. The molecular weight excluding hydrogens is 255 g/mol. The van der Waals surface area contributed by atoms with Gasteiger partial charge in [0, 0.05) is 23.9 Å². The van der Waals surface area contributed by atoms with E-state index < -0.39 is 6.17 Å². The molecule has 1 aromatic heterocycles. The highest BCUT2D eigenvalue weighted by Crippen LogP contribution is 2.47. The molecule has 0 aromatic carbocycles. The van der Waals surface area contributed by atoms with E-state index in [1.165, 1.54) is 6.08 Å². The second-order valence-corrected chi connectivity index (χ2v) is 5.78. The first-order chi connectivity index (χ1) is 9.70. The van der Waals surface area contributed by atoms with Crippen LogP contribution in [0, 0.1) is 5.92 Å².